The Labute approximate surface area is 95.7 Å². The van der Waals surface area contributed by atoms with Gasteiger partial charge in [-0.1, -0.05) is 24.3 Å². The molecular weight excluding hydrogens is 206 g/mol. The maximum absolute atomic E-state index is 11.3. The third kappa shape index (κ3) is 3.96. The fourth-order valence-corrected chi connectivity index (χ4v) is 2.23. The summed E-state index contributed by atoms with van der Waals surface area (Å²) in [6, 6.07) is 8.29. The largest absolute Gasteiger partial charge is 0.348 e. The lowest BCUT2D eigenvalue weighted by Gasteiger charge is -2.10. The highest BCUT2D eigenvalue weighted by Gasteiger charge is 2.04. The van der Waals surface area contributed by atoms with Gasteiger partial charge in [0.05, 0.1) is 5.75 Å². The second kappa shape index (κ2) is 5.81. The first-order valence-electron chi connectivity index (χ1n) is 4.93. The van der Waals surface area contributed by atoms with Crippen LogP contribution in [0.2, 0.25) is 0 Å². The standard InChI is InChI=1S/C12H17NOS/c1-10-6-4-5-7-11(10)8-15-9-12(14)13(2)3/h4-7H,8-9H2,1-3H3. The minimum absolute atomic E-state index is 0.175. The Balaban J connectivity index is 2.38. The highest BCUT2D eigenvalue weighted by Crippen LogP contribution is 2.15. The molecular formula is C12H17NOS. The fraction of sp³-hybridized carbons (Fsp3) is 0.417. The molecule has 0 aliphatic carbocycles. The van der Waals surface area contributed by atoms with Gasteiger partial charge in [0.15, 0.2) is 0 Å². The summed E-state index contributed by atoms with van der Waals surface area (Å²) in [7, 11) is 3.58. The third-order valence-corrected chi connectivity index (χ3v) is 3.21. The van der Waals surface area contributed by atoms with Gasteiger partial charge in [-0.2, -0.15) is 0 Å². The van der Waals surface area contributed by atoms with Crippen molar-refractivity contribution in [2.75, 3.05) is 19.8 Å². The smallest absolute Gasteiger partial charge is 0.232 e. The van der Waals surface area contributed by atoms with Crippen molar-refractivity contribution in [3.8, 4) is 0 Å². The van der Waals surface area contributed by atoms with Gasteiger partial charge in [-0.15, -0.1) is 11.8 Å². The van der Waals surface area contributed by atoms with Gasteiger partial charge in [-0.3, -0.25) is 4.79 Å². The lowest BCUT2D eigenvalue weighted by Crippen LogP contribution is -2.23. The zero-order valence-electron chi connectivity index (χ0n) is 9.49. The minimum Gasteiger partial charge on any atom is -0.348 e. The number of thioether (sulfide) groups is 1. The van der Waals surface area contributed by atoms with E-state index in [1.807, 2.05) is 12.1 Å². The van der Waals surface area contributed by atoms with Gasteiger partial charge in [0.1, 0.15) is 0 Å². The molecule has 0 radical (unpaired) electrons. The van der Waals surface area contributed by atoms with E-state index >= 15 is 0 Å². The van der Waals surface area contributed by atoms with Gasteiger partial charge in [0.2, 0.25) is 5.91 Å². The first-order valence-corrected chi connectivity index (χ1v) is 6.09. The molecule has 0 saturated heterocycles. The number of amides is 1. The average molecular weight is 223 g/mol. The molecule has 0 heterocycles. The van der Waals surface area contributed by atoms with Crippen LogP contribution in [-0.2, 0) is 10.5 Å². The van der Waals surface area contributed by atoms with Gasteiger partial charge in [-0.05, 0) is 18.1 Å². The molecule has 0 spiro atoms. The number of rotatable bonds is 4. The molecule has 82 valence electrons. The van der Waals surface area contributed by atoms with Gasteiger partial charge in [-0.25, -0.2) is 0 Å². The van der Waals surface area contributed by atoms with E-state index in [4.69, 9.17) is 0 Å². The monoisotopic (exact) mass is 223 g/mol. The predicted molar refractivity (Wildman–Crippen MR) is 66.0 cm³/mol. The van der Waals surface area contributed by atoms with Crippen LogP contribution < -0.4 is 0 Å². The molecule has 1 aromatic rings. The zero-order chi connectivity index (χ0) is 11.3. The maximum Gasteiger partial charge on any atom is 0.232 e. The average Bonchev–Trinajstić information content (AvgIpc) is 2.20. The zero-order valence-corrected chi connectivity index (χ0v) is 10.3. The maximum atomic E-state index is 11.3. The van der Waals surface area contributed by atoms with Crippen LogP contribution in [0, 0.1) is 6.92 Å². The molecule has 0 aromatic heterocycles. The van der Waals surface area contributed by atoms with E-state index in [0.717, 1.165) is 5.75 Å². The fourth-order valence-electron chi connectivity index (χ4n) is 1.15. The molecule has 0 aliphatic rings. The van der Waals surface area contributed by atoms with Crippen LogP contribution in [0.15, 0.2) is 24.3 Å². The van der Waals surface area contributed by atoms with Crippen molar-refractivity contribution in [3.05, 3.63) is 35.4 Å². The lowest BCUT2D eigenvalue weighted by atomic mass is 10.1. The van der Waals surface area contributed by atoms with Crippen molar-refractivity contribution < 1.29 is 4.79 Å². The van der Waals surface area contributed by atoms with E-state index in [1.165, 1.54) is 11.1 Å². The summed E-state index contributed by atoms with van der Waals surface area (Å²) in [6.07, 6.45) is 0. The summed E-state index contributed by atoms with van der Waals surface area (Å²) in [6.45, 7) is 2.10. The van der Waals surface area contributed by atoms with Crippen LogP contribution in [-0.4, -0.2) is 30.7 Å². The molecule has 0 N–H and O–H groups in total. The molecule has 0 fully saturated rings. The Kier molecular flexibility index (Phi) is 4.69. The summed E-state index contributed by atoms with van der Waals surface area (Å²) in [5.41, 5.74) is 2.61. The van der Waals surface area contributed by atoms with E-state index < -0.39 is 0 Å². The third-order valence-electron chi connectivity index (χ3n) is 2.24. The molecule has 0 saturated carbocycles. The van der Waals surface area contributed by atoms with Crippen LogP contribution in [0.4, 0.5) is 0 Å². The van der Waals surface area contributed by atoms with Crippen molar-refractivity contribution in [1.82, 2.24) is 4.90 Å². The normalized spacial score (nSPS) is 10.1. The number of carbonyl (C=O) groups is 1. The molecule has 0 bridgehead atoms. The van der Waals surface area contributed by atoms with Crippen LogP contribution in [0.3, 0.4) is 0 Å². The van der Waals surface area contributed by atoms with Crippen molar-refractivity contribution in [1.29, 1.82) is 0 Å². The van der Waals surface area contributed by atoms with E-state index in [-0.39, 0.29) is 5.91 Å². The SMILES string of the molecule is Cc1ccccc1CSCC(=O)N(C)C. The van der Waals surface area contributed by atoms with Gasteiger partial charge in [0, 0.05) is 19.8 Å². The van der Waals surface area contributed by atoms with Crippen molar-refractivity contribution in [3.63, 3.8) is 0 Å². The molecule has 2 nitrogen and oxygen atoms in total. The Morgan fingerprint density at radius 1 is 1.33 bits per heavy atom. The highest BCUT2D eigenvalue weighted by molar-refractivity contribution is 7.99. The Bertz CT molecular complexity index is 336. The van der Waals surface area contributed by atoms with Crippen LogP contribution in [0.1, 0.15) is 11.1 Å². The summed E-state index contributed by atoms with van der Waals surface area (Å²) in [4.78, 5) is 13.0. The predicted octanol–water partition coefficient (Wildman–Crippen LogP) is 2.32. The number of carbonyl (C=O) groups excluding carboxylic acids is 1. The second-order valence-corrected chi connectivity index (χ2v) is 4.69. The molecule has 0 unspecified atom stereocenters. The highest BCUT2D eigenvalue weighted by atomic mass is 32.2. The Morgan fingerprint density at radius 3 is 2.60 bits per heavy atom. The second-order valence-electron chi connectivity index (χ2n) is 3.71. The first-order chi connectivity index (χ1) is 7.11. The van der Waals surface area contributed by atoms with Gasteiger partial charge >= 0.3 is 0 Å². The van der Waals surface area contributed by atoms with E-state index in [2.05, 4.69) is 19.1 Å². The number of benzene rings is 1. The van der Waals surface area contributed by atoms with Crippen LogP contribution >= 0.6 is 11.8 Å². The minimum atomic E-state index is 0.175. The molecule has 15 heavy (non-hydrogen) atoms. The molecule has 1 aromatic carbocycles. The molecule has 0 aliphatic heterocycles. The number of nitrogens with zero attached hydrogens (tertiary/aromatic N) is 1. The van der Waals surface area contributed by atoms with Gasteiger partial charge in [0.25, 0.3) is 0 Å². The Morgan fingerprint density at radius 2 is 2.00 bits per heavy atom. The van der Waals surface area contributed by atoms with Crippen LogP contribution in [0.25, 0.3) is 0 Å². The quantitative estimate of drug-likeness (QED) is 0.780. The van der Waals surface area contributed by atoms with E-state index in [0.29, 0.717) is 5.75 Å². The summed E-state index contributed by atoms with van der Waals surface area (Å²) < 4.78 is 0. The van der Waals surface area contributed by atoms with Crippen molar-refractivity contribution in [2.45, 2.75) is 12.7 Å². The Hall–Kier alpha value is -0.960. The summed E-state index contributed by atoms with van der Waals surface area (Å²) in [5, 5.41) is 0. The molecule has 0 atom stereocenters. The number of hydrogen-bond acceptors (Lipinski definition) is 2. The molecule has 1 amide bonds. The lowest BCUT2D eigenvalue weighted by molar-refractivity contribution is -0.125. The van der Waals surface area contributed by atoms with Crippen LogP contribution in [0.5, 0.6) is 0 Å². The summed E-state index contributed by atoms with van der Waals surface area (Å²) in [5.74, 6) is 1.64. The molecule has 1 rings (SSSR count). The van der Waals surface area contributed by atoms with E-state index in [1.54, 1.807) is 30.8 Å². The topological polar surface area (TPSA) is 20.3 Å². The molecule has 3 heteroatoms. The van der Waals surface area contributed by atoms with Crippen molar-refractivity contribution in [2.24, 2.45) is 0 Å². The first kappa shape index (κ1) is 12.1. The summed E-state index contributed by atoms with van der Waals surface area (Å²) >= 11 is 1.67. The number of aryl methyl sites for hydroxylation is 1. The van der Waals surface area contributed by atoms with E-state index in [9.17, 15) is 4.79 Å². The van der Waals surface area contributed by atoms with Gasteiger partial charge < -0.3 is 4.90 Å². The van der Waals surface area contributed by atoms with Crippen molar-refractivity contribution >= 4 is 17.7 Å². The number of hydrogen-bond donors (Lipinski definition) is 0.